The highest BCUT2D eigenvalue weighted by Gasteiger charge is 2.54. The van der Waals surface area contributed by atoms with Gasteiger partial charge in [0, 0.05) is 18.3 Å². The van der Waals surface area contributed by atoms with Gasteiger partial charge in [0.2, 0.25) is 0 Å². The van der Waals surface area contributed by atoms with Crippen molar-refractivity contribution in [1.29, 1.82) is 0 Å². The fourth-order valence-corrected chi connectivity index (χ4v) is 4.59. The van der Waals surface area contributed by atoms with Crippen molar-refractivity contribution < 1.29 is 19.0 Å². The number of benzene rings is 1. The van der Waals surface area contributed by atoms with Gasteiger partial charge in [0.1, 0.15) is 5.75 Å². The van der Waals surface area contributed by atoms with E-state index in [1.54, 1.807) is 7.11 Å². The highest BCUT2D eigenvalue weighted by molar-refractivity contribution is 5.66. The third-order valence-corrected chi connectivity index (χ3v) is 6.24. The Bertz CT molecular complexity index is 663. The van der Waals surface area contributed by atoms with Crippen LogP contribution in [0.1, 0.15) is 39.4 Å². The van der Waals surface area contributed by atoms with Gasteiger partial charge >= 0.3 is 5.97 Å². The number of hydrogen-bond acceptors (Lipinski definition) is 4. The Morgan fingerprint density at radius 1 is 1.28 bits per heavy atom. The number of esters is 1. The molecule has 0 unspecified atom stereocenters. The second-order valence-electron chi connectivity index (χ2n) is 7.53. The standard InChI is InChI=1S/C21H28O4/c1-13-10-14(2)21(11-24-16(4)22)12-25-20(19(13)15(21)3)17-6-8-18(23-5)9-7-17/h6-10,14-15,19-20H,11-12H2,1-5H3/t14-,15+,19-,20+,21-/m0/s1. The Labute approximate surface area is 150 Å². The highest BCUT2D eigenvalue weighted by atomic mass is 16.5. The molecule has 1 aromatic carbocycles. The third kappa shape index (κ3) is 3.08. The molecule has 1 saturated heterocycles. The Balaban J connectivity index is 1.92. The van der Waals surface area contributed by atoms with Crippen molar-refractivity contribution in [2.75, 3.05) is 20.3 Å². The summed E-state index contributed by atoms with van der Waals surface area (Å²) < 4.78 is 17.1. The van der Waals surface area contributed by atoms with Crippen molar-refractivity contribution >= 4 is 5.97 Å². The summed E-state index contributed by atoms with van der Waals surface area (Å²) in [6.45, 7) is 9.16. The molecule has 0 aromatic heterocycles. The number of methoxy groups -OCH3 is 1. The molecule has 3 rings (SSSR count). The number of carbonyl (C=O) groups excluding carboxylic acids is 1. The SMILES string of the molecule is COc1ccc([C@H]2OC[C@]3(COC(C)=O)[C@H](C)[C@@H]2C(C)=C[C@@H]3C)cc1. The van der Waals surface area contributed by atoms with Gasteiger partial charge in [0.15, 0.2) is 0 Å². The number of allylic oxidation sites excluding steroid dienone is 1. The second kappa shape index (κ2) is 6.83. The molecule has 136 valence electrons. The van der Waals surface area contributed by atoms with Crippen LogP contribution in [0.5, 0.6) is 5.75 Å². The van der Waals surface area contributed by atoms with Crippen molar-refractivity contribution in [2.24, 2.45) is 23.2 Å². The lowest BCUT2D eigenvalue weighted by atomic mass is 9.56. The lowest BCUT2D eigenvalue weighted by Crippen LogP contribution is -2.54. The maximum Gasteiger partial charge on any atom is 0.302 e. The molecule has 1 heterocycles. The zero-order valence-electron chi connectivity index (χ0n) is 15.7. The van der Waals surface area contributed by atoms with E-state index < -0.39 is 0 Å². The summed E-state index contributed by atoms with van der Waals surface area (Å²) in [4.78, 5) is 11.4. The van der Waals surface area contributed by atoms with Crippen LogP contribution in [0, 0.1) is 23.2 Å². The summed E-state index contributed by atoms with van der Waals surface area (Å²) >= 11 is 0. The minimum atomic E-state index is -0.228. The number of carbonyl (C=O) groups is 1. The van der Waals surface area contributed by atoms with Gasteiger partial charge in [-0.2, -0.15) is 0 Å². The summed E-state index contributed by atoms with van der Waals surface area (Å²) in [6.07, 6.45) is 2.36. The molecule has 0 N–H and O–H groups in total. The number of rotatable bonds is 4. The van der Waals surface area contributed by atoms with E-state index in [0.717, 1.165) is 5.75 Å². The normalized spacial score (nSPS) is 34.2. The first-order valence-corrected chi connectivity index (χ1v) is 8.96. The first kappa shape index (κ1) is 18.0. The van der Waals surface area contributed by atoms with E-state index in [1.807, 2.05) is 12.1 Å². The Hall–Kier alpha value is -1.81. The van der Waals surface area contributed by atoms with Crippen molar-refractivity contribution in [3.05, 3.63) is 41.5 Å². The van der Waals surface area contributed by atoms with Crippen LogP contribution in [0.15, 0.2) is 35.9 Å². The van der Waals surface area contributed by atoms with Crippen molar-refractivity contribution in [2.45, 2.75) is 33.8 Å². The van der Waals surface area contributed by atoms with E-state index in [4.69, 9.17) is 14.2 Å². The minimum Gasteiger partial charge on any atom is -0.497 e. The van der Waals surface area contributed by atoms with Crippen LogP contribution >= 0.6 is 0 Å². The molecule has 0 radical (unpaired) electrons. The second-order valence-corrected chi connectivity index (χ2v) is 7.53. The molecule has 0 saturated carbocycles. The largest absolute Gasteiger partial charge is 0.497 e. The van der Waals surface area contributed by atoms with E-state index in [9.17, 15) is 4.79 Å². The average Bonchev–Trinajstić information content (AvgIpc) is 2.59. The summed E-state index contributed by atoms with van der Waals surface area (Å²) in [5.74, 6) is 1.59. The van der Waals surface area contributed by atoms with E-state index in [2.05, 4.69) is 39.0 Å². The summed E-state index contributed by atoms with van der Waals surface area (Å²) in [7, 11) is 1.67. The van der Waals surface area contributed by atoms with Crippen LogP contribution in [0.4, 0.5) is 0 Å². The molecular weight excluding hydrogens is 316 g/mol. The molecule has 0 amide bonds. The number of hydrogen-bond donors (Lipinski definition) is 0. The van der Waals surface area contributed by atoms with E-state index >= 15 is 0 Å². The average molecular weight is 344 g/mol. The quantitative estimate of drug-likeness (QED) is 0.607. The molecule has 1 fully saturated rings. The van der Waals surface area contributed by atoms with Crippen molar-refractivity contribution in [3.8, 4) is 5.75 Å². The molecule has 1 aromatic rings. The molecule has 1 aliphatic heterocycles. The van der Waals surface area contributed by atoms with Gasteiger partial charge in [-0.1, -0.05) is 37.6 Å². The Morgan fingerprint density at radius 3 is 2.56 bits per heavy atom. The van der Waals surface area contributed by atoms with E-state index in [1.165, 1.54) is 18.1 Å². The van der Waals surface area contributed by atoms with Gasteiger partial charge < -0.3 is 14.2 Å². The Kier molecular flexibility index (Phi) is 4.92. The van der Waals surface area contributed by atoms with Crippen LogP contribution in [0.25, 0.3) is 0 Å². The molecule has 4 nitrogen and oxygen atoms in total. The fraction of sp³-hybridized carbons (Fsp3) is 0.571. The fourth-order valence-electron chi connectivity index (χ4n) is 4.59. The lowest BCUT2D eigenvalue weighted by Gasteiger charge is -2.55. The van der Waals surface area contributed by atoms with Crippen molar-refractivity contribution in [3.63, 3.8) is 0 Å². The smallest absolute Gasteiger partial charge is 0.302 e. The third-order valence-electron chi connectivity index (χ3n) is 6.24. The molecule has 1 aliphatic carbocycles. The molecule has 25 heavy (non-hydrogen) atoms. The molecule has 2 bridgehead atoms. The molecule has 2 aliphatic rings. The zero-order valence-corrected chi connectivity index (χ0v) is 15.7. The van der Waals surface area contributed by atoms with Gasteiger partial charge in [0.05, 0.1) is 26.4 Å². The highest BCUT2D eigenvalue weighted by Crippen LogP contribution is 2.56. The zero-order chi connectivity index (χ0) is 18.2. The predicted octanol–water partition coefficient (Wildman–Crippen LogP) is 4.16. The van der Waals surface area contributed by atoms with Crippen LogP contribution in [-0.4, -0.2) is 26.3 Å². The van der Waals surface area contributed by atoms with Crippen LogP contribution in [0.2, 0.25) is 0 Å². The van der Waals surface area contributed by atoms with Gasteiger partial charge in [-0.05, 0) is 36.5 Å². The van der Waals surface area contributed by atoms with Crippen molar-refractivity contribution in [1.82, 2.24) is 0 Å². The Morgan fingerprint density at radius 2 is 1.96 bits per heavy atom. The van der Waals surface area contributed by atoms with E-state index in [-0.39, 0.29) is 23.4 Å². The molecule has 5 atom stereocenters. The van der Waals surface area contributed by atoms with Gasteiger partial charge in [0.25, 0.3) is 0 Å². The monoisotopic (exact) mass is 344 g/mol. The first-order chi connectivity index (χ1) is 11.9. The summed E-state index contributed by atoms with van der Waals surface area (Å²) in [5.41, 5.74) is 2.37. The van der Waals surface area contributed by atoms with Crippen LogP contribution in [-0.2, 0) is 14.3 Å². The molecule has 0 spiro atoms. The maximum absolute atomic E-state index is 11.4. The number of fused-ring (bicyclic) bond motifs is 2. The van der Waals surface area contributed by atoms with Gasteiger partial charge in [-0.25, -0.2) is 0 Å². The molecule has 4 heteroatoms. The summed E-state index contributed by atoms with van der Waals surface area (Å²) in [6, 6.07) is 8.13. The maximum atomic E-state index is 11.4. The van der Waals surface area contributed by atoms with Gasteiger partial charge in [-0.3, -0.25) is 4.79 Å². The number of ether oxygens (including phenoxy) is 3. The van der Waals surface area contributed by atoms with Crippen LogP contribution < -0.4 is 4.74 Å². The lowest BCUT2D eigenvalue weighted by molar-refractivity contribution is -0.180. The van der Waals surface area contributed by atoms with Gasteiger partial charge in [-0.15, -0.1) is 0 Å². The predicted molar refractivity (Wildman–Crippen MR) is 96.3 cm³/mol. The summed E-state index contributed by atoms with van der Waals surface area (Å²) in [5, 5.41) is 0. The first-order valence-electron chi connectivity index (χ1n) is 8.96. The van der Waals surface area contributed by atoms with Crippen LogP contribution in [0.3, 0.4) is 0 Å². The topological polar surface area (TPSA) is 44.8 Å². The minimum absolute atomic E-state index is 0.0232. The molecular formula is C21H28O4. The van der Waals surface area contributed by atoms with E-state index in [0.29, 0.717) is 25.0 Å².